The number of likely N-dealkylation sites (tertiary alicyclic amines) is 1. The van der Waals surface area contributed by atoms with Crippen LogP contribution >= 0.6 is 23.7 Å². The van der Waals surface area contributed by atoms with Crippen LogP contribution in [0, 0.1) is 0 Å². The lowest BCUT2D eigenvalue weighted by Gasteiger charge is -2.31. The topological polar surface area (TPSA) is 73.9 Å². The Hall–Kier alpha value is -1.44. The van der Waals surface area contributed by atoms with E-state index in [4.69, 9.17) is 4.98 Å². The molecule has 1 fully saturated rings. The van der Waals surface area contributed by atoms with Gasteiger partial charge in [0, 0.05) is 60.6 Å². The van der Waals surface area contributed by atoms with Crippen LogP contribution in [0.3, 0.4) is 0 Å². The maximum Gasteiger partial charge on any atom is 0.274 e. The molecular formula is C19H28ClN5OS. The van der Waals surface area contributed by atoms with Crippen LogP contribution in [0.25, 0.3) is 0 Å². The molecule has 0 spiro atoms. The highest BCUT2D eigenvalue weighted by Crippen LogP contribution is 2.33. The summed E-state index contributed by atoms with van der Waals surface area (Å²) in [7, 11) is 0. The maximum absolute atomic E-state index is 12.9. The van der Waals surface area contributed by atoms with E-state index in [0.717, 1.165) is 56.7 Å². The van der Waals surface area contributed by atoms with Gasteiger partial charge in [0.1, 0.15) is 0 Å². The number of aromatic amines is 1. The van der Waals surface area contributed by atoms with E-state index in [1.54, 1.807) is 11.3 Å². The number of carbonyl (C=O) groups excluding carboxylic acids is 1. The summed E-state index contributed by atoms with van der Waals surface area (Å²) in [4.78, 5) is 19.7. The number of hydrogen-bond acceptors (Lipinski definition) is 5. The van der Waals surface area contributed by atoms with E-state index in [0.29, 0.717) is 11.6 Å². The summed E-state index contributed by atoms with van der Waals surface area (Å²) in [5, 5.41) is 14.1. The van der Waals surface area contributed by atoms with Gasteiger partial charge in [-0.15, -0.1) is 23.7 Å². The average molecular weight is 410 g/mol. The SMILES string of the molecule is CC(C)(C)c1csc(C2CCN(C(=O)c3n[nH]c4c3CNCC4)CC2)n1.Cl. The van der Waals surface area contributed by atoms with Crippen molar-refractivity contribution in [3.63, 3.8) is 0 Å². The molecule has 0 unspecified atom stereocenters. The number of aromatic nitrogens is 3. The number of halogens is 1. The van der Waals surface area contributed by atoms with Crippen molar-refractivity contribution in [2.75, 3.05) is 19.6 Å². The molecule has 4 heterocycles. The van der Waals surface area contributed by atoms with Gasteiger partial charge < -0.3 is 10.2 Å². The second-order valence-electron chi connectivity index (χ2n) is 8.34. The van der Waals surface area contributed by atoms with Crippen LogP contribution in [-0.2, 0) is 18.4 Å². The molecule has 0 bridgehead atoms. The van der Waals surface area contributed by atoms with E-state index in [9.17, 15) is 4.79 Å². The fourth-order valence-corrected chi connectivity index (χ4v) is 4.92. The predicted octanol–water partition coefficient (Wildman–Crippen LogP) is 3.25. The standard InChI is InChI=1S/C19H27N5OS.ClH/c1-19(2,3)15-11-26-17(21-15)12-5-8-24(9-6-12)18(25)16-13-10-20-7-4-14(13)22-23-16;/h11-12,20H,4-10H2,1-3H3,(H,22,23);1H. The normalized spacial score (nSPS) is 18.1. The highest BCUT2D eigenvalue weighted by molar-refractivity contribution is 7.09. The molecule has 27 heavy (non-hydrogen) atoms. The monoisotopic (exact) mass is 409 g/mol. The molecule has 0 aliphatic carbocycles. The zero-order valence-electron chi connectivity index (χ0n) is 16.2. The van der Waals surface area contributed by atoms with Gasteiger partial charge >= 0.3 is 0 Å². The minimum absolute atomic E-state index is 0. The Bertz CT molecular complexity index is 801. The van der Waals surface area contributed by atoms with Crippen molar-refractivity contribution in [3.05, 3.63) is 33.0 Å². The number of carbonyl (C=O) groups is 1. The van der Waals surface area contributed by atoms with E-state index >= 15 is 0 Å². The molecule has 2 aliphatic heterocycles. The van der Waals surface area contributed by atoms with Crippen molar-refractivity contribution in [1.82, 2.24) is 25.4 Å². The van der Waals surface area contributed by atoms with Gasteiger partial charge in [0.25, 0.3) is 5.91 Å². The van der Waals surface area contributed by atoms with Crippen LogP contribution in [-0.4, -0.2) is 45.6 Å². The summed E-state index contributed by atoms with van der Waals surface area (Å²) in [5.41, 5.74) is 4.04. The minimum Gasteiger partial charge on any atom is -0.337 e. The summed E-state index contributed by atoms with van der Waals surface area (Å²) < 4.78 is 0. The third kappa shape index (κ3) is 4.05. The Kier molecular flexibility index (Phi) is 5.93. The van der Waals surface area contributed by atoms with E-state index in [2.05, 4.69) is 41.7 Å². The first-order valence-electron chi connectivity index (χ1n) is 9.45. The van der Waals surface area contributed by atoms with Crippen LogP contribution in [0.4, 0.5) is 0 Å². The molecule has 8 heteroatoms. The molecule has 6 nitrogen and oxygen atoms in total. The summed E-state index contributed by atoms with van der Waals surface area (Å²) >= 11 is 1.77. The van der Waals surface area contributed by atoms with Gasteiger partial charge in [-0.05, 0) is 12.8 Å². The molecular weight excluding hydrogens is 382 g/mol. The third-order valence-corrected chi connectivity index (χ3v) is 6.44. The summed E-state index contributed by atoms with van der Waals surface area (Å²) in [6.45, 7) is 9.84. The lowest BCUT2D eigenvalue weighted by atomic mass is 9.93. The number of nitrogens with zero attached hydrogens (tertiary/aromatic N) is 3. The first-order valence-corrected chi connectivity index (χ1v) is 10.3. The zero-order chi connectivity index (χ0) is 18.3. The van der Waals surface area contributed by atoms with Crippen LogP contribution in [0.15, 0.2) is 5.38 Å². The van der Waals surface area contributed by atoms with Crippen molar-refractivity contribution in [1.29, 1.82) is 0 Å². The molecule has 0 radical (unpaired) electrons. The first-order chi connectivity index (χ1) is 12.4. The average Bonchev–Trinajstić information content (AvgIpc) is 3.28. The van der Waals surface area contributed by atoms with E-state index in [1.165, 1.54) is 10.7 Å². The van der Waals surface area contributed by atoms with E-state index in [-0.39, 0.29) is 23.7 Å². The molecule has 148 valence electrons. The lowest BCUT2D eigenvalue weighted by Crippen LogP contribution is -2.39. The molecule has 2 N–H and O–H groups in total. The van der Waals surface area contributed by atoms with Gasteiger partial charge in [-0.1, -0.05) is 20.8 Å². The van der Waals surface area contributed by atoms with Crippen LogP contribution in [0.2, 0.25) is 0 Å². The van der Waals surface area contributed by atoms with Crippen LogP contribution in [0.1, 0.15) is 72.0 Å². The minimum atomic E-state index is 0. The zero-order valence-corrected chi connectivity index (χ0v) is 17.8. The molecule has 0 atom stereocenters. The Balaban J connectivity index is 0.00000210. The fourth-order valence-electron chi connectivity index (χ4n) is 3.70. The Labute approximate surface area is 170 Å². The number of amides is 1. The third-order valence-electron chi connectivity index (χ3n) is 5.43. The van der Waals surface area contributed by atoms with Crippen molar-refractivity contribution < 1.29 is 4.79 Å². The van der Waals surface area contributed by atoms with Gasteiger partial charge in [-0.3, -0.25) is 9.89 Å². The number of hydrogen-bond donors (Lipinski definition) is 2. The van der Waals surface area contributed by atoms with Crippen molar-refractivity contribution in [2.24, 2.45) is 0 Å². The number of fused-ring (bicyclic) bond motifs is 1. The van der Waals surface area contributed by atoms with Crippen molar-refractivity contribution in [2.45, 2.75) is 57.9 Å². The second-order valence-corrected chi connectivity index (χ2v) is 9.23. The molecule has 1 amide bonds. The Morgan fingerprint density at radius 3 is 2.70 bits per heavy atom. The van der Waals surface area contributed by atoms with Crippen molar-refractivity contribution >= 4 is 29.7 Å². The highest BCUT2D eigenvalue weighted by atomic mass is 35.5. The number of rotatable bonds is 2. The number of piperidine rings is 1. The Morgan fingerprint density at radius 1 is 1.30 bits per heavy atom. The first kappa shape index (κ1) is 20.3. The Morgan fingerprint density at radius 2 is 2.04 bits per heavy atom. The quantitative estimate of drug-likeness (QED) is 0.798. The second kappa shape index (κ2) is 7.89. The summed E-state index contributed by atoms with van der Waals surface area (Å²) in [6.07, 6.45) is 2.87. The smallest absolute Gasteiger partial charge is 0.274 e. The van der Waals surface area contributed by atoms with E-state index in [1.807, 2.05) is 4.90 Å². The fraction of sp³-hybridized carbons (Fsp3) is 0.632. The van der Waals surface area contributed by atoms with Gasteiger partial charge in [0.15, 0.2) is 5.69 Å². The number of nitrogens with one attached hydrogen (secondary N) is 2. The predicted molar refractivity (Wildman–Crippen MR) is 110 cm³/mol. The largest absolute Gasteiger partial charge is 0.337 e. The lowest BCUT2D eigenvalue weighted by molar-refractivity contribution is 0.0705. The van der Waals surface area contributed by atoms with E-state index < -0.39 is 0 Å². The molecule has 0 aromatic carbocycles. The van der Waals surface area contributed by atoms with Gasteiger partial charge in [-0.2, -0.15) is 5.10 Å². The summed E-state index contributed by atoms with van der Waals surface area (Å²) in [5.74, 6) is 0.536. The van der Waals surface area contributed by atoms with Crippen LogP contribution in [0.5, 0.6) is 0 Å². The van der Waals surface area contributed by atoms with Crippen LogP contribution < -0.4 is 5.32 Å². The van der Waals surface area contributed by atoms with Crippen molar-refractivity contribution in [3.8, 4) is 0 Å². The maximum atomic E-state index is 12.9. The highest BCUT2D eigenvalue weighted by Gasteiger charge is 2.30. The van der Waals surface area contributed by atoms with Gasteiger partial charge in [0.05, 0.1) is 10.7 Å². The number of thiazole rings is 1. The number of H-pyrrole nitrogens is 1. The molecule has 2 aliphatic rings. The molecule has 4 rings (SSSR count). The molecule has 2 aromatic heterocycles. The summed E-state index contributed by atoms with van der Waals surface area (Å²) in [6, 6.07) is 0. The molecule has 1 saturated heterocycles. The van der Waals surface area contributed by atoms with Gasteiger partial charge in [0.2, 0.25) is 0 Å². The molecule has 0 saturated carbocycles. The van der Waals surface area contributed by atoms with Gasteiger partial charge in [-0.25, -0.2) is 4.98 Å². The molecule has 2 aromatic rings.